The van der Waals surface area contributed by atoms with Gasteiger partial charge in [-0.05, 0) is 101 Å². The molecule has 0 atom stereocenters. The number of carboxylic acid groups (broad SMARTS) is 1. The number of unbranched alkanes of at least 4 members (excludes halogenated alkanes) is 1. The molecule has 150 valence electrons. The van der Waals surface area contributed by atoms with Crippen LogP contribution in [0.25, 0.3) is 0 Å². The molecule has 1 saturated carbocycles. The maximum Gasteiger partial charge on any atom is 0.303 e. The summed E-state index contributed by atoms with van der Waals surface area (Å²) in [5.41, 5.74) is 1.16. The van der Waals surface area contributed by atoms with E-state index in [2.05, 4.69) is 15.2 Å². The second kappa shape index (κ2) is 10.6. The Morgan fingerprint density at radius 2 is 1.70 bits per heavy atom. The number of aromatic nitrogens is 1. The molecule has 2 N–H and O–H groups in total. The van der Waals surface area contributed by atoms with E-state index in [9.17, 15) is 4.79 Å². The van der Waals surface area contributed by atoms with Crippen LogP contribution in [0.3, 0.4) is 0 Å². The van der Waals surface area contributed by atoms with Crippen LogP contribution in [-0.4, -0.2) is 47.1 Å². The lowest BCUT2D eigenvalue weighted by Crippen LogP contribution is -2.37. The number of piperidine rings is 1. The SMILES string of the molecule is O=C(O)CC1CCC(C2CCN(CCCCNc3ccncc3)CC2)CC1. The molecule has 1 aromatic heterocycles. The number of nitrogens with zero attached hydrogens (tertiary/aromatic N) is 2. The van der Waals surface area contributed by atoms with Crippen molar-refractivity contribution in [2.24, 2.45) is 17.8 Å². The number of carbonyl (C=O) groups is 1. The zero-order valence-electron chi connectivity index (χ0n) is 16.5. The maximum absolute atomic E-state index is 10.9. The Balaban J connectivity index is 1.24. The lowest BCUT2D eigenvalue weighted by Gasteiger charge is -2.39. The van der Waals surface area contributed by atoms with Crippen LogP contribution in [-0.2, 0) is 4.79 Å². The van der Waals surface area contributed by atoms with Crippen LogP contribution >= 0.6 is 0 Å². The third-order valence-corrected chi connectivity index (χ3v) is 6.56. The third-order valence-electron chi connectivity index (χ3n) is 6.56. The first-order chi connectivity index (χ1) is 13.2. The lowest BCUT2D eigenvalue weighted by atomic mass is 9.72. The minimum absolute atomic E-state index is 0.376. The van der Waals surface area contributed by atoms with Gasteiger partial charge in [-0.25, -0.2) is 0 Å². The van der Waals surface area contributed by atoms with Crippen LogP contribution < -0.4 is 5.32 Å². The summed E-state index contributed by atoms with van der Waals surface area (Å²) in [7, 11) is 0. The molecule has 0 spiro atoms. The van der Waals surface area contributed by atoms with Gasteiger partial charge >= 0.3 is 5.97 Å². The van der Waals surface area contributed by atoms with Crippen molar-refractivity contribution in [1.82, 2.24) is 9.88 Å². The molecular weight excluding hydrogens is 338 g/mol. The molecular formula is C22H35N3O2. The second-order valence-electron chi connectivity index (χ2n) is 8.43. The number of pyridine rings is 1. The van der Waals surface area contributed by atoms with Gasteiger partial charge in [0.2, 0.25) is 0 Å². The number of anilines is 1. The summed E-state index contributed by atoms with van der Waals surface area (Å²) in [5.74, 6) is 1.53. The smallest absolute Gasteiger partial charge is 0.303 e. The third kappa shape index (κ3) is 6.80. The number of hydrogen-bond donors (Lipinski definition) is 2. The van der Waals surface area contributed by atoms with E-state index in [-0.39, 0.29) is 0 Å². The Labute approximate surface area is 163 Å². The van der Waals surface area contributed by atoms with Gasteiger partial charge < -0.3 is 15.3 Å². The average Bonchev–Trinajstić information content (AvgIpc) is 2.69. The normalized spacial score (nSPS) is 24.6. The van der Waals surface area contributed by atoms with Crippen molar-refractivity contribution in [2.45, 2.75) is 57.8 Å². The molecule has 5 nitrogen and oxygen atoms in total. The highest BCUT2D eigenvalue weighted by molar-refractivity contribution is 5.67. The average molecular weight is 374 g/mol. The molecule has 0 unspecified atom stereocenters. The molecule has 1 saturated heterocycles. The van der Waals surface area contributed by atoms with E-state index in [4.69, 9.17) is 5.11 Å². The minimum atomic E-state index is -0.622. The summed E-state index contributed by atoms with van der Waals surface area (Å²) in [6, 6.07) is 4.03. The van der Waals surface area contributed by atoms with E-state index in [1.54, 1.807) is 0 Å². The fraction of sp³-hybridized carbons (Fsp3) is 0.727. The van der Waals surface area contributed by atoms with Crippen LogP contribution in [0, 0.1) is 17.8 Å². The van der Waals surface area contributed by atoms with Gasteiger partial charge in [0.1, 0.15) is 0 Å². The predicted molar refractivity (Wildman–Crippen MR) is 109 cm³/mol. The van der Waals surface area contributed by atoms with Crippen molar-refractivity contribution < 1.29 is 9.90 Å². The Bertz CT molecular complexity index is 550. The Morgan fingerprint density at radius 1 is 1.04 bits per heavy atom. The molecule has 27 heavy (non-hydrogen) atoms. The highest BCUT2D eigenvalue weighted by Crippen LogP contribution is 2.38. The summed E-state index contributed by atoms with van der Waals surface area (Å²) in [6.07, 6.45) is 13.9. The first-order valence-electron chi connectivity index (χ1n) is 10.8. The standard InChI is InChI=1S/C22H35N3O2/c26-22(27)17-18-3-5-19(6-4-18)20-9-15-25(16-10-20)14-2-1-11-24-21-7-12-23-13-8-21/h7-8,12-13,18-20H,1-6,9-11,14-17H2,(H,23,24)(H,26,27). The highest BCUT2D eigenvalue weighted by atomic mass is 16.4. The van der Waals surface area contributed by atoms with Gasteiger partial charge in [0, 0.05) is 31.0 Å². The molecule has 2 heterocycles. The van der Waals surface area contributed by atoms with Crippen molar-refractivity contribution in [2.75, 3.05) is 31.5 Å². The molecule has 5 heteroatoms. The first kappa shape index (κ1) is 20.1. The van der Waals surface area contributed by atoms with Crippen LogP contribution in [0.4, 0.5) is 5.69 Å². The van der Waals surface area contributed by atoms with E-state index in [1.807, 2.05) is 24.5 Å². The largest absolute Gasteiger partial charge is 0.481 e. The van der Waals surface area contributed by atoms with Crippen LogP contribution in [0.15, 0.2) is 24.5 Å². The lowest BCUT2D eigenvalue weighted by molar-refractivity contribution is -0.138. The van der Waals surface area contributed by atoms with Crippen molar-refractivity contribution >= 4 is 11.7 Å². The number of carboxylic acids is 1. The number of rotatable bonds is 9. The van der Waals surface area contributed by atoms with Gasteiger partial charge in [-0.1, -0.05) is 0 Å². The monoisotopic (exact) mass is 373 g/mol. The fourth-order valence-electron chi connectivity index (χ4n) is 4.92. The number of nitrogens with one attached hydrogen (secondary N) is 1. The van der Waals surface area contributed by atoms with E-state index in [0.29, 0.717) is 12.3 Å². The predicted octanol–water partition coefficient (Wildman–Crippen LogP) is 4.27. The summed E-state index contributed by atoms with van der Waals surface area (Å²) in [5, 5.41) is 12.4. The van der Waals surface area contributed by atoms with Gasteiger partial charge in [-0.3, -0.25) is 9.78 Å². The molecule has 3 rings (SSSR count). The van der Waals surface area contributed by atoms with Gasteiger partial charge in [-0.15, -0.1) is 0 Å². The van der Waals surface area contributed by atoms with Crippen molar-refractivity contribution in [3.63, 3.8) is 0 Å². The van der Waals surface area contributed by atoms with Crippen molar-refractivity contribution in [3.05, 3.63) is 24.5 Å². The topological polar surface area (TPSA) is 65.5 Å². The molecule has 0 aromatic carbocycles. The Morgan fingerprint density at radius 3 is 2.37 bits per heavy atom. The second-order valence-corrected chi connectivity index (χ2v) is 8.43. The molecule has 0 amide bonds. The van der Waals surface area contributed by atoms with E-state index >= 15 is 0 Å². The Hall–Kier alpha value is -1.62. The highest BCUT2D eigenvalue weighted by Gasteiger charge is 2.30. The van der Waals surface area contributed by atoms with Crippen LogP contribution in [0.5, 0.6) is 0 Å². The van der Waals surface area contributed by atoms with Crippen LogP contribution in [0.1, 0.15) is 57.8 Å². The number of likely N-dealkylation sites (tertiary alicyclic amines) is 1. The van der Waals surface area contributed by atoms with E-state index < -0.39 is 5.97 Å². The minimum Gasteiger partial charge on any atom is -0.481 e. The van der Waals surface area contributed by atoms with Gasteiger partial charge in [0.05, 0.1) is 0 Å². The first-order valence-corrected chi connectivity index (χ1v) is 10.8. The summed E-state index contributed by atoms with van der Waals surface area (Å²) >= 11 is 0. The van der Waals surface area contributed by atoms with Gasteiger partial charge in [0.15, 0.2) is 0 Å². The molecule has 0 bridgehead atoms. The number of aliphatic carboxylic acids is 1. The summed E-state index contributed by atoms with van der Waals surface area (Å²) < 4.78 is 0. The summed E-state index contributed by atoms with van der Waals surface area (Å²) in [4.78, 5) is 17.5. The van der Waals surface area contributed by atoms with E-state index in [0.717, 1.165) is 36.9 Å². The number of hydrogen-bond acceptors (Lipinski definition) is 4. The molecule has 2 fully saturated rings. The van der Waals surface area contributed by atoms with Gasteiger partial charge in [0.25, 0.3) is 0 Å². The zero-order chi connectivity index (χ0) is 18.9. The van der Waals surface area contributed by atoms with E-state index in [1.165, 1.54) is 58.2 Å². The quantitative estimate of drug-likeness (QED) is 0.633. The molecule has 1 aromatic rings. The van der Waals surface area contributed by atoms with Crippen LogP contribution in [0.2, 0.25) is 0 Å². The zero-order valence-corrected chi connectivity index (χ0v) is 16.5. The van der Waals surface area contributed by atoms with Crippen molar-refractivity contribution in [1.29, 1.82) is 0 Å². The van der Waals surface area contributed by atoms with Crippen molar-refractivity contribution in [3.8, 4) is 0 Å². The Kier molecular flexibility index (Phi) is 7.93. The molecule has 1 aliphatic heterocycles. The molecule has 0 radical (unpaired) electrons. The fourth-order valence-corrected chi connectivity index (χ4v) is 4.92. The molecule has 2 aliphatic rings. The maximum atomic E-state index is 10.9. The summed E-state index contributed by atoms with van der Waals surface area (Å²) in [6.45, 7) is 4.74. The molecule has 1 aliphatic carbocycles. The van der Waals surface area contributed by atoms with Gasteiger partial charge in [-0.2, -0.15) is 0 Å².